The van der Waals surface area contributed by atoms with Gasteiger partial charge in [-0.05, 0) is 26.7 Å². The Morgan fingerprint density at radius 1 is 1.17 bits per heavy atom. The van der Waals surface area contributed by atoms with E-state index in [4.69, 9.17) is 5.73 Å². The van der Waals surface area contributed by atoms with Crippen molar-refractivity contribution < 1.29 is 0 Å². The van der Waals surface area contributed by atoms with Gasteiger partial charge in [0.05, 0.1) is 0 Å². The van der Waals surface area contributed by atoms with E-state index in [0.717, 1.165) is 24.7 Å². The molecule has 0 unspecified atom stereocenters. The van der Waals surface area contributed by atoms with E-state index >= 15 is 0 Å². The molecule has 0 bridgehead atoms. The molecule has 1 aromatic rings. The minimum Gasteiger partial charge on any atom is -0.393 e. The van der Waals surface area contributed by atoms with Crippen molar-refractivity contribution >= 4 is 17.3 Å². The van der Waals surface area contributed by atoms with Crippen molar-refractivity contribution in [2.45, 2.75) is 45.6 Å². The highest BCUT2D eigenvalue weighted by Gasteiger charge is 2.16. The van der Waals surface area contributed by atoms with Crippen LogP contribution in [0, 0.1) is 0 Å². The summed E-state index contributed by atoms with van der Waals surface area (Å²) in [5.74, 6) is 1.63. The fourth-order valence-electron chi connectivity index (χ4n) is 2.31. The number of nitrogens with one attached hydrogen (secondary N) is 1. The number of hydrogen-bond acceptors (Lipinski definition) is 5. The molecule has 0 saturated carbocycles. The van der Waals surface area contributed by atoms with Gasteiger partial charge in [-0.25, -0.2) is 9.97 Å². The number of nitrogens with two attached hydrogens (primary N) is 1. The molecule has 2 rings (SSSR count). The van der Waals surface area contributed by atoms with Crippen molar-refractivity contribution in [3.63, 3.8) is 0 Å². The van der Waals surface area contributed by atoms with E-state index in [-0.39, 0.29) is 0 Å². The Morgan fingerprint density at radius 3 is 2.44 bits per heavy atom. The van der Waals surface area contributed by atoms with Gasteiger partial charge in [0.15, 0.2) is 11.6 Å². The molecule has 2 heterocycles. The van der Waals surface area contributed by atoms with Gasteiger partial charge in [0.2, 0.25) is 0 Å². The van der Waals surface area contributed by atoms with Crippen molar-refractivity contribution in [1.29, 1.82) is 0 Å². The molecule has 0 aliphatic carbocycles. The molecular formula is C13H23N5. The highest BCUT2D eigenvalue weighted by atomic mass is 15.2. The zero-order chi connectivity index (χ0) is 13.0. The van der Waals surface area contributed by atoms with Crippen LogP contribution >= 0.6 is 0 Å². The molecule has 18 heavy (non-hydrogen) atoms. The van der Waals surface area contributed by atoms with Crippen LogP contribution in [0.25, 0.3) is 0 Å². The lowest BCUT2D eigenvalue weighted by Gasteiger charge is -2.24. The maximum Gasteiger partial charge on any atom is 0.157 e. The minimum atomic E-state index is 0.319. The van der Waals surface area contributed by atoms with E-state index < -0.39 is 0 Å². The van der Waals surface area contributed by atoms with Crippen molar-refractivity contribution in [3.8, 4) is 0 Å². The summed E-state index contributed by atoms with van der Waals surface area (Å²) in [6, 6.07) is 0.319. The second-order valence-corrected chi connectivity index (χ2v) is 5.16. The number of nitrogens with zero attached hydrogens (tertiary/aromatic N) is 3. The number of aromatic nitrogens is 2. The van der Waals surface area contributed by atoms with Gasteiger partial charge < -0.3 is 16.0 Å². The van der Waals surface area contributed by atoms with E-state index in [1.807, 2.05) is 0 Å². The summed E-state index contributed by atoms with van der Waals surface area (Å²) in [4.78, 5) is 10.9. The van der Waals surface area contributed by atoms with Crippen LogP contribution in [0.5, 0.6) is 0 Å². The molecule has 1 aliphatic heterocycles. The SMILES string of the molecule is CC(C)Nc1ncnc(N2CCCCCC2)c1N. The zero-order valence-electron chi connectivity index (χ0n) is 11.3. The van der Waals surface area contributed by atoms with Gasteiger partial charge in [-0.2, -0.15) is 0 Å². The molecule has 0 atom stereocenters. The lowest BCUT2D eigenvalue weighted by molar-refractivity contribution is 0.726. The average molecular weight is 249 g/mol. The van der Waals surface area contributed by atoms with Gasteiger partial charge in [0.25, 0.3) is 0 Å². The Morgan fingerprint density at radius 2 is 1.83 bits per heavy atom. The van der Waals surface area contributed by atoms with E-state index in [1.54, 1.807) is 6.33 Å². The summed E-state index contributed by atoms with van der Waals surface area (Å²) in [6.07, 6.45) is 6.64. The van der Waals surface area contributed by atoms with Crippen molar-refractivity contribution in [2.75, 3.05) is 29.0 Å². The van der Waals surface area contributed by atoms with Crippen molar-refractivity contribution in [3.05, 3.63) is 6.33 Å². The molecule has 1 aromatic heterocycles. The maximum absolute atomic E-state index is 6.18. The number of rotatable bonds is 3. The number of hydrogen-bond donors (Lipinski definition) is 2. The molecule has 5 heteroatoms. The standard InChI is InChI=1S/C13H23N5/c1-10(2)17-12-11(14)13(16-9-15-12)18-7-5-3-4-6-8-18/h9-10H,3-8,14H2,1-2H3,(H,15,16,17). The van der Waals surface area contributed by atoms with Crippen LogP contribution in [-0.2, 0) is 0 Å². The molecule has 3 N–H and O–H groups in total. The van der Waals surface area contributed by atoms with Crippen molar-refractivity contribution in [2.24, 2.45) is 0 Å². The maximum atomic E-state index is 6.18. The summed E-state index contributed by atoms with van der Waals surface area (Å²) in [5, 5.41) is 3.27. The molecule has 5 nitrogen and oxygen atoms in total. The normalized spacial score (nSPS) is 16.7. The molecular weight excluding hydrogens is 226 g/mol. The van der Waals surface area contributed by atoms with Gasteiger partial charge in [0.1, 0.15) is 12.0 Å². The molecule has 1 saturated heterocycles. The Kier molecular flexibility index (Phi) is 4.23. The smallest absolute Gasteiger partial charge is 0.157 e. The second-order valence-electron chi connectivity index (χ2n) is 5.16. The van der Waals surface area contributed by atoms with E-state index in [0.29, 0.717) is 11.7 Å². The van der Waals surface area contributed by atoms with E-state index in [9.17, 15) is 0 Å². The van der Waals surface area contributed by atoms with Gasteiger partial charge >= 0.3 is 0 Å². The zero-order valence-corrected chi connectivity index (χ0v) is 11.3. The molecule has 100 valence electrons. The van der Waals surface area contributed by atoms with Gasteiger partial charge in [-0.15, -0.1) is 0 Å². The van der Waals surface area contributed by atoms with Crippen LogP contribution in [0.2, 0.25) is 0 Å². The molecule has 0 aromatic carbocycles. The quantitative estimate of drug-likeness (QED) is 0.860. The predicted molar refractivity (Wildman–Crippen MR) is 75.9 cm³/mol. The van der Waals surface area contributed by atoms with Gasteiger partial charge in [-0.3, -0.25) is 0 Å². The van der Waals surface area contributed by atoms with Crippen LogP contribution in [-0.4, -0.2) is 29.1 Å². The lowest BCUT2D eigenvalue weighted by atomic mass is 10.2. The highest BCUT2D eigenvalue weighted by Crippen LogP contribution is 2.28. The van der Waals surface area contributed by atoms with Crippen LogP contribution in [0.1, 0.15) is 39.5 Å². The first-order valence-corrected chi connectivity index (χ1v) is 6.80. The van der Waals surface area contributed by atoms with Gasteiger partial charge in [-0.1, -0.05) is 12.8 Å². The molecule has 0 amide bonds. The number of anilines is 3. The molecule has 1 aliphatic rings. The summed E-state index contributed by atoms with van der Waals surface area (Å²) >= 11 is 0. The van der Waals surface area contributed by atoms with Crippen molar-refractivity contribution in [1.82, 2.24) is 9.97 Å². The molecule has 1 fully saturated rings. The third kappa shape index (κ3) is 3.03. The Hall–Kier alpha value is -1.52. The van der Waals surface area contributed by atoms with Crippen LogP contribution in [0.4, 0.5) is 17.3 Å². The predicted octanol–water partition coefficient (Wildman–Crippen LogP) is 2.26. The monoisotopic (exact) mass is 249 g/mol. The third-order valence-electron chi connectivity index (χ3n) is 3.19. The summed E-state index contributed by atoms with van der Waals surface area (Å²) in [7, 11) is 0. The average Bonchev–Trinajstić information content (AvgIpc) is 2.60. The molecule has 0 spiro atoms. The third-order valence-corrected chi connectivity index (χ3v) is 3.19. The topological polar surface area (TPSA) is 67.1 Å². The molecule has 0 radical (unpaired) electrons. The first-order chi connectivity index (χ1) is 8.68. The van der Waals surface area contributed by atoms with Gasteiger partial charge in [0, 0.05) is 19.1 Å². The fraction of sp³-hybridized carbons (Fsp3) is 0.692. The Labute approximate surface area is 109 Å². The Balaban J connectivity index is 2.21. The lowest BCUT2D eigenvalue weighted by Crippen LogP contribution is -2.26. The van der Waals surface area contributed by atoms with Crippen LogP contribution < -0.4 is 16.0 Å². The number of nitrogen functional groups attached to an aromatic ring is 1. The van der Waals surface area contributed by atoms with Crippen LogP contribution in [0.3, 0.4) is 0 Å². The second kappa shape index (κ2) is 5.89. The first kappa shape index (κ1) is 12.9. The fourth-order valence-corrected chi connectivity index (χ4v) is 2.31. The minimum absolute atomic E-state index is 0.319. The first-order valence-electron chi connectivity index (χ1n) is 6.80. The summed E-state index contributed by atoms with van der Waals surface area (Å²) in [6.45, 7) is 6.24. The summed E-state index contributed by atoms with van der Waals surface area (Å²) in [5.41, 5.74) is 6.86. The highest BCUT2D eigenvalue weighted by molar-refractivity contribution is 5.75. The largest absolute Gasteiger partial charge is 0.393 e. The summed E-state index contributed by atoms with van der Waals surface area (Å²) < 4.78 is 0. The van der Waals surface area contributed by atoms with E-state index in [2.05, 4.69) is 34.0 Å². The van der Waals surface area contributed by atoms with Crippen LogP contribution in [0.15, 0.2) is 6.33 Å². The Bertz CT molecular complexity index is 383. The van der Waals surface area contributed by atoms with E-state index in [1.165, 1.54) is 25.7 Å².